The van der Waals surface area contributed by atoms with Crippen LogP contribution in [0, 0.1) is 0 Å². The zero-order valence-corrected chi connectivity index (χ0v) is 16.4. The molecule has 7 nitrogen and oxygen atoms in total. The van der Waals surface area contributed by atoms with Crippen LogP contribution in [0.1, 0.15) is 12.5 Å². The maximum atomic E-state index is 12.2. The van der Waals surface area contributed by atoms with Gasteiger partial charge in [0.1, 0.15) is 17.0 Å². The van der Waals surface area contributed by atoms with E-state index in [0.29, 0.717) is 18.2 Å². The van der Waals surface area contributed by atoms with E-state index in [1.54, 1.807) is 24.9 Å². The average molecular weight is 403 g/mol. The first-order valence-electron chi connectivity index (χ1n) is 8.11. The molecule has 0 fully saturated rings. The summed E-state index contributed by atoms with van der Waals surface area (Å²) in [6, 6.07) is 10.9. The molecule has 27 heavy (non-hydrogen) atoms. The van der Waals surface area contributed by atoms with Crippen molar-refractivity contribution in [1.29, 1.82) is 0 Å². The van der Waals surface area contributed by atoms with Crippen molar-refractivity contribution >= 4 is 29.0 Å². The van der Waals surface area contributed by atoms with E-state index in [4.69, 9.17) is 9.47 Å². The summed E-state index contributed by atoms with van der Waals surface area (Å²) in [6.07, 6.45) is 1.68. The number of nitrogens with zero attached hydrogens (tertiary/aromatic N) is 3. The lowest BCUT2D eigenvalue weighted by atomic mass is 10.3. The Labute approximate surface area is 165 Å². The first-order chi connectivity index (χ1) is 13.1. The van der Waals surface area contributed by atoms with E-state index in [1.165, 1.54) is 23.1 Å². The maximum Gasteiger partial charge on any atom is 0.233 e. The van der Waals surface area contributed by atoms with E-state index in [2.05, 4.69) is 20.5 Å². The molecule has 9 heteroatoms. The molecule has 0 unspecified atom stereocenters. The van der Waals surface area contributed by atoms with Crippen LogP contribution >= 0.6 is 23.1 Å². The molecule has 3 rings (SSSR count). The number of pyridine rings is 1. The van der Waals surface area contributed by atoms with Crippen LogP contribution in [0.25, 0.3) is 0 Å². The third kappa shape index (κ3) is 5.66. The third-order valence-electron chi connectivity index (χ3n) is 3.53. The molecule has 3 aromatic rings. The van der Waals surface area contributed by atoms with Gasteiger partial charge in [0.2, 0.25) is 11.8 Å². The minimum Gasteiger partial charge on any atom is -0.497 e. The number of hydrogen-bond donors (Lipinski definition) is 1. The Balaban J connectivity index is 1.48. The van der Waals surface area contributed by atoms with Crippen LogP contribution in [0.5, 0.6) is 17.4 Å². The maximum absolute atomic E-state index is 12.2. The van der Waals surface area contributed by atoms with Crippen LogP contribution in [0.3, 0.4) is 0 Å². The summed E-state index contributed by atoms with van der Waals surface area (Å²) in [7, 11) is 1.62. The number of amides is 1. The molecule has 1 N–H and O–H groups in total. The molecule has 0 radical (unpaired) electrons. The molecule has 0 aliphatic carbocycles. The lowest BCUT2D eigenvalue weighted by Crippen LogP contribution is -2.30. The normalized spacial score (nSPS) is 11.6. The Morgan fingerprint density at radius 2 is 2.00 bits per heavy atom. The Hall–Kier alpha value is -2.65. The fourth-order valence-corrected chi connectivity index (χ4v) is 3.74. The van der Waals surface area contributed by atoms with Crippen LogP contribution in [0.15, 0.2) is 52.4 Å². The highest BCUT2D eigenvalue weighted by atomic mass is 32.2. The van der Waals surface area contributed by atoms with E-state index in [9.17, 15) is 4.79 Å². The summed E-state index contributed by atoms with van der Waals surface area (Å²) in [5.74, 6) is 1.86. The first kappa shape index (κ1) is 19.1. The van der Waals surface area contributed by atoms with Gasteiger partial charge in [0.15, 0.2) is 4.34 Å². The summed E-state index contributed by atoms with van der Waals surface area (Å²) in [5, 5.41) is 10.3. The highest BCUT2D eigenvalue weighted by Crippen LogP contribution is 2.24. The molecule has 0 saturated carbocycles. The minimum absolute atomic E-state index is 0.0613. The summed E-state index contributed by atoms with van der Waals surface area (Å²) >= 11 is 2.81. The molecule has 0 aliphatic rings. The molecular weight excluding hydrogens is 384 g/mol. The topological polar surface area (TPSA) is 86.2 Å². The van der Waals surface area contributed by atoms with Gasteiger partial charge in [-0.1, -0.05) is 29.2 Å². The Kier molecular flexibility index (Phi) is 6.61. The zero-order chi connectivity index (χ0) is 19.1. The smallest absolute Gasteiger partial charge is 0.233 e. The van der Waals surface area contributed by atoms with Crippen molar-refractivity contribution in [2.45, 2.75) is 23.1 Å². The standard InChI is InChI=1S/C18H18N4O3S2/c1-12(27-18-22-21-11-26-18)17(23)20-10-13-3-8-16(19-9-13)25-15-6-4-14(24-2)5-7-15/h3-9,11-12H,10H2,1-2H3,(H,20,23)/t12-/m0/s1. The van der Waals surface area contributed by atoms with Crippen molar-refractivity contribution < 1.29 is 14.3 Å². The number of thioether (sulfide) groups is 1. The lowest BCUT2D eigenvalue weighted by Gasteiger charge is -2.10. The molecule has 0 aliphatic heterocycles. The van der Waals surface area contributed by atoms with Gasteiger partial charge in [0, 0.05) is 18.8 Å². The largest absolute Gasteiger partial charge is 0.497 e. The number of nitrogens with one attached hydrogen (secondary N) is 1. The highest BCUT2D eigenvalue weighted by Gasteiger charge is 2.15. The summed E-state index contributed by atoms with van der Waals surface area (Å²) < 4.78 is 11.6. The van der Waals surface area contributed by atoms with E-state index in [0.717, 1.165) is 15.7 Å². The van der Waals surface area contributed by atoms with Gasteiger partial charge in [-0.25, -0.2) is 4.98 Å². The molecular formula is C18H18N4O3S2. The second-order valence-corrected chi connectivity index (χ2v) is 7.89. The van der Waals surface area contributed by atoms with Gasteiger partial charge in [-0.2, -0.15) is 0 Å². The number of carbonyl (C=O) groups is 1. The van der Waals surface area contributed by atoms with Crippen LogP contribution in [0.2, 0.25) is 0 Å². The van der Waals surface area contributed by atoms with Crippen molar-refractivity contribution in [3.05, 3.63) is 53.7 Å². The van der Waals surface area contributed by atoms with Gasteiger partial charge < -0.3 is 14.8 Å². The number of methoxy groups -OCH3 is 1. The van der Waals surface area contributed by atoms with Gasteiger partial charge in [-0.3, -0.25) is 4.79 Å². The second-order valence-electron chi connectivity index (χ2n) is 5.46. The number of rotatable bonds is 8. The minimum atomic E-state index is -0.247. The molecule has 0 bridgehead atoms. The summed E-state index contributed by atoms with van der Waals surface area (Å²) in [6.45, 7) is 2.24. The van der Waals surface area contributed by atoms with E-state index < -0.39 is 0 Å². The Bertz CT molecular complexity index is 855. The van der Waals surface area contributed by atoms with E-state index >= 15 is 0 Å². The molecule has 140 valence electrons. The Morgan fingerprint density at radius 3 is 2.63 bits per heavy atom. The number of hydrogen-bond acceptors (Lipinski definition) is 8. The van der Waals surface area contributed by atoms with Gasteiger partial charge in [-0.05, 0) is 36.8 Å². The Morgan fingerprint density at radius 1 is 1.22 bits per heavy atom. The predicted molar refractivity (Wildman–Crippen MR) is 104 cm³/mol. The highest BCUT2D eigenvalue weighted by molar-refractivity contribution is 8.02. The van der Waals surface area contributed by atoms with Crippen LogP contribution in [0.4, 0.5) is 0 Å². The van der Waals surface area contributed by atoms with Gasteiger partial charge in [-0.15, -0.1) is 10.2 Å². The van der Waals surface area contributed by atoms with Crippen LogP contribution < -0.4 is 14.8 Å². The van der Waals surface area contributed by atoms with Crippen LogP contribution in [-0.2, 0) is 11.3 Å². The molecule has 0 saturated heterocycles. The third-order valence-corrected chi connectivity index (χ3v) is 5.44. The van der Waals surface area contributed by atoms with Gasteiger partial charge in [0.25, 0.3) is 0 Å². The monoisotopic (exact) mass is 402 g/mol. The van der Waals surface area contributed by atoms with Crippen molar-refractivity contribution in [3.8, 4) is 17.4 Å². The van der Waals surface area contributed by atoms with Crippen molar-refractivity contribution in [2.75, 3.05) is 7.11 Å². The number of benzene rings is 1. The van der Waals surface area contributed by atoms with Crippen molar-refractivity contribution in [3.63, 3.8) is 0 Å². The summed E-state index contributed by atoms with van der Waals surface area (Å²) in [4.78, 5) is 16.4. The average Bonchev–Trinajstić information content (AvgIpc) is 3.21. The zero-order valence-electron chi connectivity index (χ0n) is 14.8. The number of carbonyl (C=O) groups excluding carboxylic acids is 1. The van der Waals surface area contributed by atoms with Crippen molar-refractivity contribution in [2.24, 2.45) is 0 Å². The van der Waals surface area contributed by atoms with E-state index in [-0.39, 0.29) is 11.2 Å². The number of aromatic nitrogens is 3. The quantitative estimate of drug-likeness (QED) is 0.577. The number of ether oxygens (including phenoxy) is 2. The second kappa shape index (κ2) is 9.33. The molecule has 0 spiro atoms. The predicted octanol–water partition coefficient (Wildman–Crippen LogP) is 3.53. The SMILES string of the molecule is COc1ccc(Oc2ccc(CNC(=O)[C@H](C)Sc3nncs3)cn2)cc1. The van der Waals surface area contributed by atoms with Gasteiger partial charge in [0.05, 0.1) is 12.4 Å². The first-order valence-corrected chi connectivity index (χ1v) is 9.87. The van der Waals surface area contributed by atoms with Gasteiger partial charge >= 0.3 is 0 Å². The fourth-order valence-electron chi connectivity index (χ4n) is 2.09. The lowest BCUT2D eigenvalue weighted by molar-refractivity contribution is -0.120. The molecule has 2 heterocycles. The van der Waals surface area contributed by atoms with Crippen LogP contribution in [-0.4, -0.2) is 33.4 Å². The molecule has 1 aromatic carbocycles. The van der Waals surface area contributed by atoms with E-state index in [1.807, 2.05) is 37.3 Å². The fraction of sp³-hybridized carbons (Fsp3) is 0.222. The summed E-state index contributed by atoms with van der Waals surface area (Å²) in [5.41, 5.74) is 2.53. The molecule has 1 atom stereocenters. The molecule has 2 aromatic heterocycles. The molecule has 1 amide bonds. The van der Waals surface area contributed by atoms with Crippen molar-refractivity contribution in [1.82, 2.24) is 20.5 Å².